The first kappa shape index (κ1) is 20.1. The first-order valence-electron chi connectivity index (χ1n) is 7.07. The molecule has 2 rings (SSSR count). The van der Waals surface area contributed by atoms with Crippen molar-refractivity contribution in [2.75, 3.05) is 5.32 Å². The molecule has 6 nitrogen and oxygen atoms in total. The predicted molar refractivity (Wildman–Crippen MR) is 88.4 cm³/mol. The van der Waals surface area contributed by atoms with Crippen LogP contribution in [0.3, 0.4) is 0 Å². The first-order chi connectivity index (χ1) is 11.9. The minimum atomic E-state index is -4.76. The van der Waals surface area contributed by atoms with E-state index in [-0.39, 0.29) is 10.0 Å². The van der Waals surface area contributed by atoms with Crippen LogP contribution in [0.25, 0.3) is 0 Å². The highest BCUT2D eigenvalue weighted by Crippen LogP contribution is 2.34. The average molecular weight is 408 g/mol. The van der Waals surface area contributed by atoms with E-state index in [0.717, 1.165) is 44.4 Å². The van der Waals surface area contributed by atoms with Crippen molar-refractivity contribution in [2.45, 2.75) is 29.7 Å². The number of pyridine rings is 2. The normalized spacial score (nSPS) is 12.7. The number of alkyl halides is 3. The third-order valence-corrected chi connectivity index (χ3v) is 6.19. The van der Waals surface area contributed by atoms with Crippen LogP contribution >= 0.6 is 11.6 Å². The lowest BCUT2D eigenvalue weighted by atomic mass is 10.2. The number of carbonyl (C=O) groups is 1. The molecule has 26 heavy (non-hydrogen) atoms. The Kier molecular flexibility index (Phi) is 5.29. The number of sulfone groups is 1. The molecule has 2 aromatic rings. The third kappa shape index (κ3) is 3.80. The second-order valence-electron chi connectivity index (χ2n) is 5.68. The summed E-state index contributed by atoms with van der Waals surface area (Å²) < 4.78 is 62.3. The number of rotatable bonds is 4. The Morgan fingerprint density at radius 3 is 2.35 bits per heavy atom. The van der Waals surface area contributed by atoms with Gasteiger partial charge in [-0.15, -0.1) is 0 Å². The fraction of sp³-hybridized carbons (Fsp3) is 0.267. The van der Waals surface area contributed by atoms with Crippen molar-refractivity contribution < 1.29 is 26.4 Å². The Morgan fingerprint density at radius 2 is 1.81 bits per heavy atom. The summed E-state index contributed by atoms with van der Waals surface area (Å²) in [5, 5.41) is 2.00. The van der Waals surface area contributed by atoms with E-state index in [9.17, 15) is 26.4 Å². The fourth-order valence-electron chi connectivity index (χ4n) is 1.93. The Labute approximate surface area is 152 Å². The van der Waals surface area contributed by atoms with Crippen LogP contribution in [0.15, 0.2) is 41.6 Å². The Bertz CT molecular complexity index is 929. The summed E-state index contributed by atoms with van der Waals surface area (Å²) in [6.45, 7) is 2.14. The van der Waals surface area contributed by atoms with Crippen LogP contribution in [0.5, 0.6) is 0 Å². The van der Waals surface area contributed by atoms with Crippen molar-refractivity contribution >= 4 is 33.2 Å². The van der Waals surface area contributed by atoms with E-state index in [0.29, 0.717) is 0 Å². The summed E-state index contributed by atoms with van der Waals surface area (Å²) in [5.41, 5.74) is -1.19. The molecule has 0 aliphatic rings. The molecule has 1 amide bonds. The van der Waals surface area contributed by atoms with Crippen LogP contribution in [-0.4, -0.2) is 29.0 Å². The van der Waals surface area contributed by atoms with Crippen molar-refractivity contribution in [1.29, 1.82) is 0 Å². The highest BCUT2D eigenvalue weighted by molar-refractivity contribution is 7.93. The monoisotopic (exact) mass is 407 g/mol. The second-order valence-corrected chi connectivity index (χ2v) is 8.57. The Balaban J connectivity index is 2.39. The molecule has 0 unspecified atom stereocenters. The van der Waals surface area contributed by atoms with Crippen molar-refractivity contribution in [2.24, 2.45) is 0 Å². The third-order valence-electron chi connectivity index (χ3n) is 3.57. The van der Waals surface area contributed by atoms with Gasteiger partial charge in [0.2, 0.25) is 5.91 Å². The minimum Gasteiger partial charge on any atom is -0.309 e. The number of carbonyl (C=O) groups excluding carboxylic acids is 1. The molecule has 0 aliphatic carbocycles. The van der Waals surface area contributed by atoms with Gasteiger partial charge in [-0.05, 0) is 38.1 Å². The average Bonchev–Trinajstić information content (AvgIpc) is 2.54. The molecule has 0 saturated heterocycles. The molecule has 0 bridgehead atoms. The largest absolute Gasteiger partial charge is 0.419 e. The van der Waals surface area contributed by atoms with Gasteiger partial charge in [0.25, 0.3) is 0 Å². The zero-order chi connectivity index (χ0) is 19.8. The van der Waals surface area contributed by atoms with Gasteiger partial charge in [-0.25, -0.2) is 18.4 Å². The van der Waals surface area contributed by atoms with Crippen molar-refractivity contribution in [3.8, 4) is 0 Å². The molecular formula is C15H13ClF3N3O3S. The van der Waals surface area contributed by atoms with Crippen LogP contribution in [0.4, 0.5) is 19.0 Å². The Morgan fingerprint density at radius 1 is 1.15 bits per heavy atom. The molecule has 140 valence electrons. The number of halogens is 4. The van der Waals surface area contributed by atoms with Crippen LogP contribution in [0.1, 0.15) is 19.4 Å². The zero-order valence-corrected chi connectivity index (χ0v) is 15.1. The lowest BCUT2D eigenvalue weighted by Gasteiger charge is -2.24. The quantitative estimate of drug-likeness (QED) is 0.785. The van der Waals surface area contributed by atoms with Crippen molar-refractivity contribution in [1.82, 2.24) is 9.97 Å². The molecule has 0 fully saturated rings. The molecule has 11 heteroatoms. The number of anilines is 1. The highest BCUT2D eigenvalue weighted by Gasteiger charge is 2.44. The smallest absolute Gasteiger partial charge is 0.309 e. The molecule has 0 aliphatic heterocycles. The topological polar surface area (TPSA) is 89.0 Å². The number of nitrogens with one attached hydrogen (secondary N) is 1. The molecule has 0 spiro atoms. The predicted octanol–water partition coefficient (Wildman–Crippen LogP) is 3.34. The van der Waals surface area contributed by atoms with Gasteiger partial charge in [-0.3, -0.25) is 4.79 Å². The maximum absolute atomic E-state index is 13.0. The maximum Gasteiger partial charge on any atom is 0.419 e. The van der Waals surface area contributed by atoms with E-state index in [2.05, 4.69) is 9.97 Å². The van der Waals surface area contributed by atoms with Crippen LogP contribution in [-0.2, 0) is 20.8 Å². The summed E-state index contributed by atoms with van der Waals surface area (Å²) >= 11 is 5.61. The number of hydrogen-bond acceptors (Lipinski definition) is 5. The van der Waals surface area contributed by atoms with Gasteiger partial charge in [0.1, 0.15) is 15.7 Å². The lowest BCUT2D eigenvalue weighted by Crippen LogP contribution is -2.44. The molecule has 0 radical (unpaired) electrons. The summed E-state index contributed by atoms with van der Waals surface area (Å²) in [6.07, 6.45) is -2.75. The van der Waals surface area contributed by atoms with E-state index < -0.39 is 38.0 Å². The van der Waals surface area contributed by atoms with Gasteiger partial charge in [-0.2, -0.15) is 13.2 Å². The van der Waals surface area contributed by atoms with Crippen molar-refractivity contribution in [3.05, 3.63) is 47.4 Å². The number of hydrogen-bond donors (Lipinski definition) is 1. The molecule has 2 heterocycles. The van der Waals surface area contributed by atoms with E-state index in [4.69, 9.17) is 11.6 Å². The first-order valence-corrected chi connectivity index (χ1v) is 8.93. The summed E-state index contributed by atoms with van der Waals surface area (Å²) in [6, 6.07) is 4.16. The van der Waals surface area contributed by atoms with Gasteiger partial charge in [-0.1, -0.05) is 11.6 Å². The fourth-order valence-corrected chi connectivity index (χ4v) is 3.36. The number of aromatic nitrogens is 2. The van der Waals surface area contributed by atoms with Gasteiger partial charge in [0.15, 0.2) is 9.84 Å². The highest BCUT2D eigenvalue weighted by atomic mass is 35.5. The molecular weight excluding hydrogens is 395 g/mol. The van der Waals surface area contributed by atoms with Crippen molar-refractivity contribution in [3.63, 3.8) is 0 Å². The molecule has 0 saturated carbocycles. The van der Waals surface area contributed by atoms with E-state index in [1.165, 1.54) is 6.07 Å². The van der Waals surface area contributed by atoms with Gasteiger partial charge in [0.05, 0.1) is 10.5 Å². The summed E-state index contributed by atoms with van der Waals surface area (Å²) in [5.74, 6) is -1.95. The number of amides is 1. The summed E-state index contributed by atoms with van der Waals surface area (Å²) in [4.78, 5) is 19.3. The van der Waals surface area contributed by atoms with Gasteiger partial charge in [0, 0.05) is 12.4 Å². The van der Waals surface area contributed by atoms with Crippen LogP contribution in [0, 0.1) is 0 Å². The molecule has 2 aromatic heterocycles. The van der Waals surface area contributed by atoms with Crippen LogP contribution < -0.4 is 5.32 Å². The number of nitrogens with zero attached hydrogens (tertiary/aromatic N) is 2. The molecule has 1 N–H and O–H groups in total. The Hall–Kier alpha value is -2.20. The van der Waals surface area contributed by atoms with E-state index in [1.54, 1.807) is 0 Å². The summed E-state index contributed by atoms with van der Waals surface area (Å²) in [7, 11) is -4.27. The second kappa shape index (κ2) is 6.84. The van der Waals surface area contributed by atoms with E-state index >= 15 is 0 Å². The van der Waals surface area contributed by atoms with E-state index in [1.807, 2.05) is 5.32 Å². The van der Waals surface area contributed by atoms with Gasteiger partial charge < -0.3 is 5.32 Å². The lowest BCUT2D eigenvalue weighted by molar-refractivity contribution is -0.137. The maximum atomic E-state index is 13.0. The van der Waals surface area contributed by atoms with Gasteiger partial charge >= 0.3 is 6.18 Å². The zero-order valence-electron chi connectivity index (χ0n) is 13.5. The molecule has 0 atom stereocenters. The van der Waals surface area contributed by atoms with Crippen LogP contribution in [0.2, 0.25) is 5.15 Å². The molecule has 0 aromatic carbocycles. The minimum absolute atomic E-state index is 0.0505. The SMILES string of the molecule is CC(C)(C(=O)Nc1ncccc1C(F)(F)F)S(=O)(=O)c1ccc(Cl)nc1. The standard InChI is InChI=1S/C15H13ClF3N3O3S/c1-14(2,26(24,25)9-5-6-11(16)21-8-9)13(23)22-12-10(15(17,18)19)4-3-7-20-12/h3-8H,1-2H3,(H,20,22,23).